The zero-order chi connectivity index (χ0) is 14.7. The lowest BCUT2D eigenvalue weighted by Crippen LogP contribution is -2.32. The van der Waals surface area contributed by atoms with Crippen LogP contribution in [0.3, 0.4) is 0 Å². The van der Waals surface area contributed by atoms with Crippen molar-refractivity contribution in [3.05, 3.63) is 71.0 Å². The molecule has 3 rings (SSSR count). The predicted octanol–water partition coefficient (Wildman–Crippen LogP) is 3.11. The molecule has 0 bridgehead atoms. The van der Waals surface area contributed by atoms with Crippen LogP contribution in [0.15, 0.2) is 48.5 Å². The lowest BCUT2D eigenvalue weighted by atomic mass is 10.0. The van der Waals surface area contributed by atoms with Gasteiger partial charge in [-0.2, -0.15) is 0 Å². The van der Waals surface area contributed by atoms with Gasteiger partial charge in [-0.15, -0.1) is 0 Å². The Balaban J connectivity index is 1.66. The number of halogens is 1. The second-order valence-corrected chi connectivity index (χ2v) is 5.48. The molecular formula is C18H18FNO. The van der Waals surface area contributed by atoms with Crippen LogP contribution in [-0.2, 0) is 12.8 Å². The first-order valence-corrected chi connectivity index (χ1v) is 7.30. The third-order valence-corrected chi connectivity index (χ3v) is 4.03. The van der Waals surface area contributed by atoms with Gasteiger partial charge in [-0.3, -0.25) is 9.69 Å². The van der Waals surface area contributed by atoms with Gasteiger partial charge in [-0.25, -0.2) is 4.39 Å². The molecule has 108 valence electrons. The fourth-order valence-corrected chi connectivity index (χ4v) is 2.83. The minimum absolute atomic E-state index is 0.0135. The Morgan fingerprint density at radius 1 is 1.00 bits per heavy atom. The minimum Gasteiger partial charge on any atom is -0.295 e. The van der Waals surface area contributed by atoms with Crippen molar-refractivity contribution >= 4 is 5.78 Å². The normalized spacial score (nSPS) is 15.3. The van der Waals surface area contributed by atoms with Crippen molar-refractivity contribution in [3.8, 4) is 0 Å². The molecule has 0 radical (unpaired) electrons. The zero-order valence-corrected chi connectivity index (χ0v) is 11.9. The number of carbonyl (C=O) groups excluding carboxylic acids is 1. The van der Waals surface area contributed by atoms with Crippen LogP contribution in [-0.4, -0.2) is 30.3 Å². The maximum absolute atomic E-state index is 13.2. The Labute approximate surface area is 124 Å². The Kier molecular flexibility index (Phi) is 4.11. The van der Waals surface area contributed by atoms with Gasteiger partial charge in [0, 0.05) is 18.7 Å². The van der Waals surface area contributed by atoms with Crippen LogP contribution in [0.5, 0.6) is 0 Å². The lowest BCUT2D eigenvalue weighted by Gasteiger charge is -2.18. The highest BCUT2D eigenvalue weighted by atomic mass is 19.1. The van der Waals surface area contributed by atoms with Crippen LogP contribution in [0.2, 0.25) is 0 Å². The van der Waals surface area contributed by atoms with Crippen LogP contribution in [0, 0.1) is 5.82 Å². The molecule has 2 aromatic carbocycles. The molecule has 0 saturated carbocycles. The van der Waals surface area contributed by atoms with E-state index in [9.17, 15) is 9.18 Å². The van der Waals surface area contributed by atoms with Crippen molar-refractivity contribution in [3.63, 3.8) is 0 Å². The molecule has 0 amide bonds. The van der Waals surface area contributed by atoms with Crippen molar-refractivity contribution < 1.29 is 9.18 Å². The number of carbonyl (C=O) groups is 1. The van der Waals surface area contributed by atoms with E-state index in [2.05, 4.69) is 29.2 Å². The maximum atomic E-state index is 13.2. The summed E-state index contributed by atoms with van der Waals surface area (Å²) >= 11 is 0. The highest BCUT2D eigenvalue weighted by Crippen LogP contribution is 2.16. The summed E-state index contributed by atoms with van der Waals surface area (Å²) in [6, 6.07) is 14.4. The molecule has 1 aliphatic heterocycles. The number of rotatable bonds is 3. The lowest BCUT2D eigenvalue weighted by molar-refractivity contribution is 0.0933. The van der Waals surface area contributed by atoms with Gasteiger partial charge in [0.05, 0.1) is 6.54 Å². The van der Waals surface area contributed by atoms with Gasteiger partial charge >= 0.3 is 0 Å². The van der Waals surface area contributed by atoms with Gasteiger partial charge in [-0.05, 0) is 36.1 Å². The fourth-order valence-electron chi connectivity index (χ4n) is 2.83. The third kappa shape index (κ3) is 3.37. The van der Waals surface area contributed by atoms with E-state index in [1.165, 1.54) is 23.3 Å². The van der Waals surface area contributed by atoms with E-state index >= 15 is 0 Å². The standard InChI is InChI=1S/C18H18FNO/c19-17-7-3-6-16(12-17)18(21)13-20-10-8-14-4-1-2-5-15(14)9-11-20/h1-7,12H,8-11,13H2. The first-order valence-electron chi connectivity index (χ1n) is 7.30. The number of hydrogen-bond acceptors (Lipinski definition) is 2. The van der Waals surface area contributed by atoms with Gasteiger partial charge in [0.15, 0.2) is 5.78 Å². The van der Waals surface area contributed by atoms with Crippen molar-refractivity contribution in [1.82, 2.24) is 4.90 Å². The number of hydrogen-bond donors (Lipinski definition) is 0. The van der Waals surface area contributed by atoms with E-state index in [1.807, 2.05) is 0 Å². The molecule has 0 unspecified atom stereocenters. The van der Waals surface area contributed by atoms with Crippen LogP contribution >= 0.6 is 0 Å². The molecule has 0 N–H and O–H groups in total. The summed E-state index contributed by atoms with van der Waals surface area (Å²) in [5, 5.41) is 0. The van der Waals surface area contributed by atoms with E-state index < -0.39 is 0 Å². The van der Waals surface area contributed by atoms with Crippen LogP contribution in [0.4, 0.5) is 4.39 Å². The summed E-state index contributed by atoms with van der Waals surface area (Å²) in [6.45, 7) is 2.10. The van der Waals surface area contributed by atoms with Crippen LogP contribution in [0.25, 0.3) is 0 Å². The average Bonchev–Trinajstić information content (AvgIpc) is 2.70. The van der Waals surface area contributed by atoms with E-state index in [1.54, 1.807) is 12.1 Å². The molecule has 21 heavy (non-hydrogen) atoms. The third-order valence-electron chi connectivity index (χ3n) is 4.03. The maximum Gasteiger partial charge on any atom is 0.176 e. The first-order chi connectivity index (χ1) is 10.2. The van der Waals surface area contributed by atoms with Crippen molar-refractivity contribution in [2.45, 2.75) is 12.8 Å². The number of benzene rings is 2. The summed E-state index contributed by atoms with van der Waals surface area (Å²) in [5.41, 5.74) is 3.20. The van der Waals surface area contributed by atoms with Gasteiger partial charge in [0.25, 0.3) is 0 Å². The van der Waals surface area contributed by atoms with Crippen molar-refractivity contribution in [2.75, 3.05) is 19.6 Å². The molecule has 0 atom stereocenters. The Morgan fingerprint density at radius 2 is 1.67 bits per heavy atom. The van der Waals surface area contributed by atoms with Crippen LogP contribution in [0.1, 0.15) is 21.5 Å². The van der Waals surface area contributed by atoms with E-state index in [0.717, 1.165) is 25.9 Å². The largest absolute Gasteiger partial charge is 0.295 e. The highest BCUT2D eigenvalue weighted by Gasteiger charge is 2.17. The first kappa shape index (κ1) is 14.0. The summed E-state index contributed by atoms with van der Waals surface area (Å²) in [6.07, 6.45) is 1.93. The van der Waals surface area contributed by atoms with Gasteiger partial charge in [0.2, 0.25) is 0 Å². The number of nitrogens with zero attached hydrogens (tertiary/aromatic N) is 1. The summed E-state index contributed by atoms with van der Waals surface area (Å²) in [7, 11) is 0. The monoisotopic (exact) mass is 283 g/mol. The molecule has 0 aromatic heterocycles. The smallest absolute Gasteiger partial charge is 0.176 e. The molecule has 0 spiro atoms. The second kappa shape index (κ2) is 6.19. The topological polar surface area (TPSA) is 20.3 Å². The van der Waals surface area contributed by atoms with Crippen molar-refractivity contribution in [2.24, 2.45) is 0 Å². The molecular weight excluding hydrogens is 265 g/mol. The van der Waals surface area contributed by atoms with E-state index in [-0.39, 0.29) is 11.6 Å². The second-order valence-electron chi connectivity index (χ2n) is 5.48. The molecule has 1 aliphatic rings. The fraction of sp³-hybridized carbons (Fsp3) is 0.278. The molecule has 3 heteroatoms. The Morgan fingerprint density at radius 3 is 2.29 bits per heavy atom. The predicted molar refractivity (Wildman–Crippen MR) is 81.0 cm³/mol. The van der Waals surface area contributed by atoms with Crippen LogP contribution < -0.4 is 0 Å². The average molecular weight is 283 g/mol. The summed E-state index contributed by atoms with van der Waals surface area (Å²) in [5.74, 6) is -0.371. The molecule has 2 aromatic rings. The molecule has 0 aliphatic carbocycles. The number of Topliss-reactive ketones (excluding diaryl/α,β-unsaturated/α-hetero) is 1. The number of fused-ring (bicyclic) bond motifs is 1. The Hall–Kier alpha value is -2.00. The molecule has 2 nitrogen and oxygen atoms in total. The van der Waals surface area contributed by atoms with Gasteiger partial charge in [-0.1, -0.05) is 36.4 Å². The van der Waals surface area contributed by atoms with Gasteiger partial charge < -0.3 is 0 Å². The summed E-state index contributed by atoms with van der Waals surface area (Å²) in [4.78, 5) is 14.4. The minimum atomic E-state index is -0.357. The highest BCUT2D eigenvalue weighted by molar-refractivity contribution is 5.97. The van der Waals surface area contributed by atoms with Crippen molar-refractivity contribution in [1.29, 1.82) is 0 Å². The van der Waals surface area contributed by atoms with E-state index in [0.29, 0.717) is 12.1 Å². The van der Waals surface area contributed by atoms with Gasteiger partial charge in [0.1, 0.15) is 5.82 Å². The zero-order valence-electron chi connectivity index (χ0n) is 11.9. The summed E-state index contributed by atoms with van der Waals surface area (Å²) < 4.78 is 13.2. The SMILES string of the molecule is O=C(CN1CCc2ccccc2CC1)c1cccc(F)c1. The molecule has 1 heterocycles. The number of ketones is 1. The quantitative estimate of drug-likeness (QED) is 0.807. The Bertz CT molecular complexity index is 626. The molecule has 0 fully saturated rings. The van der Waals surface area contributed by atoms with E-state index in [4.69, 9.17) is 0 Å². The molecule has 0 saturated heterocycles.